The number of pyridine rings is 1. The third-order valence-corrected chi connectivity index (χ3v) is 2.83. The molecule has 0 radical (unpaired) electrons. The molecule has 0 bridgehead atoms. The van der Waals surface area contributed by atoms with E-state index in [1.165, 1.54) is 0 Å². The molecule has 0 saturated carbocycles. The SMILES string of the molecule is Cl.NCCCC[C@H](N)c1c(Cl)cncc1Cl. The fourth-order valence-electron chi connectivity index (χ4n) is 1.43. The van der Waals surface area contributed by atoms with Crippen LogP contribution in [0.25, 0.3) is 0 Å². The van der Waals surface area contributed by atoms with E-state index in [0.717, 1.165) is 24.8 Å². The maximum Gasteiger partial charge on any atom is 0.0651 e. The van der Waals surface area contributed by atoms with Crippen molar-refractivity contribution in [3.8, 4) is 0 Å². The van der Waals surface area contributed by atoms with Crippen LogP contribution in [-0.4, -0.2) is 11.5 Å². The van der Waals surface area contributed by atoms with Gasteiger partial charge in [0, 0.05) is 24.0 Å². The maximum absolute atomic E-state index is 6.00. The smallest absolute Gasteiger partial charge is 0.0651 e. The zero-order chi connectivity index (χ0) is 11.3. The van der Waals surface area contributed by atoms with Crippen LogP contribution >= 0.6 is 35.6 Å². The third kappa shape index (κ3) is 4.44. The first kappa shape index (κ1) is 15.9. The van der Waals surface area contributed by atoms with Crippen molar-refractivity contribution in [2.45, 2.75) is 25.3 Å². The van der Waals surface area contributed by atoms with Crippen LogP contribution in [0.4, 0.5) is 0 Å². The number of hydrogen-bond donors (Lipinski definition) is 2. The van der Waals surface area contributed by atoms with Gasteiger partial charge in [-0.15, -0.1) is 12.4 Å². The highest BCUT2D eigenvalue weighted by Gasteiger charge is 2.13. The van der Waals surface area contributed by atoms with Gasteiger partial charge in [0.15, 0.2) is 0 Å². The van der Waals surface area contributed by atoms with E-state index in [4.69, 9.17) is 34.7 Å². The summed E-state index contributed by atoms with van der Waals surface area (Å²) < 4.78 is 0. The van der Waals surface area contributed by atoms with E-state index in [2.05, 4.69) is 4.98 Å². The highest BCUT2D eigenvalue weighted by Crippen LogP contribution is 2.30. The summed E-state index contributed by atoms with van der Waals surface area (Å²) in [5.74, 6) is 0. The second-order valence-electron chi connectivity index (χ2n) is 3.41. The van der Waals surface area contributed by atoms with Crippen LogP contribution in [0.5, 0.6) is 0 Å². The molecule has 3 nitrogen and oxygen atoms in total. The number of halogens is 3. The van der Waals surface area contributed by atoms with Gasteiger partial charge in [-0.05, 0) is 19.4 Å². The van der Waals surface area contributed by atoms with Gasteiger partial charge in [0.05, 0.1) is 10.0 Å². The summed E-state index contributed by atoms with van der Waals surface area (Å²) in [5, 5.41) is 1.06. The molecule has 92 valence electrons. The molecule has 0 aromatic carbocycles. The van der Waals surface area contributed by atoms with Gasteiger partial charge in [0.1, 0.15) is 0 Å². The van der Waals surface area contributed by atoms with Crippen molar-refractivity contribution in [3.63, 3.8) is 0 Å². The van der Waals surface area contributed by atoms with Crippen molar-refractivity contribution >= 4 is 35.6 Å². The Balaban J connectivity index is 0.00000225. The molecule has 0 aliphatic carbocycles. The molecule has 6 heteroatoms. The summed E-state index contributed by atoms with van der Waals surface area (Å²) in [7, 11) is 0. The summed E-state index contributed by atoms with van der Waals surface area (Å²) in [6.07, 6.45) is 5.90. The van der Waals surface area contributed by atoms with Crippen molar-refractivity contribution in [2.75, 3.05) is 6.54 Å². The normalized spacial score (nSPS) is 12.0. The molecule has 0 aliphatic rings. The monoisotopic (exact) mass is 283 g/mol. The average Bonchev–Trinajstić information content (AvgIpc) is 2.18. The van der Waals surface area contributed by atoms with Crippen molar-refractivity contribution in [3.05, 3.63) is 28.0 Å². The number of nitrogens with zero attached hydrogens (tertiary/aromatic N) is 1. The molecule has 0 aliphatic heterocycles. The molecular weight excluding hydrogens is 268 g/mol. The Hall–Kier alpha value is -0.0600. The Labute approximate surface area is 112 Å². The quantitative estimate of drug-likeness (QED) is 0.817. The molecule has 0 fully saturated rings. The molecule has 1 rings (SSSR count). The Morgan fingerprint density at radius 3 is 2.25 bits per heavy atom. The van der Waals surface area contributed by atoms with E-state index in [1.54, 1.807) is 12.4 Å². The molecule has 1 atom stereocenters. The fraction of sp³-hybridized carbons (Fsp3) is 0.500. The molecule has 0 spiro atoms. The van der Waals surface area contributed by atoms with Crippen molar-refractivity contribution < 1.29 is 0 Å². The Morgan fingerprint density at radius 1 is 1.19 bits per heavy atom. The van der Waals surface area contributed by atoms with Crippen LogP contribution in [0, 0.1) is 0 Å². The minimum Gasteiger partial charge on any atom is -0.330 e. The van der Waals surface area contributed by atoms with Crippen LogP contribution in [0.3, 0.4) is 0 Å². The molecule has 1 aromatic rings. The highest BCUT2D eigenvalue weighted by molar-refractivity contribution is 6.35. The van der Waals surface area contributed by atoms with Crippen molar-refractivity contribution in [1.82, 2.24) is 4.98 Å². The molecule has 0 unspecified atom stereocenters. The summed E-state index contributed by atoms with van der Waals surface area (Å²) in [4.78, 5) is 3.88. The van der Waals surface area contributed by atoms with Crippen LogP contribution in [0.1, 0.15) is 30.9 Å². The molecular formula is C10H16Cl3N3. The number of hydrogen-bond acceptors (Lipinski definition) is 3. The van der Waals surface area contributed by atoms with Crippen LogP contribution in [-0.2, 0) is 0 Å². The lowest BCUT2D eigenvalue weighted by molar-refractivity contribution is 0.591. The Bertz CT molecular complexity index is 300. The van der Waals surface area contributed by atoms with Crippen LogP contribution < -0.4 is 11.5 Å². The summed E-state index contributed by atoms with van der Waals surface area (Å²) in [6, 6.07) is -0.139. The van der Waals surface area contributed by atoms with E-state index in [1.807, 2.05) is 0 Å². The van der Waals surface area contributed by atoms with Crippen molar-refractivity contribution in [1.29, 1.82) is 0 Å². The zero-order valence-electron chi connectivity index (χ0n) is 8.83. The molecule has 4 N–H and O–H groups in total. The number of rotatable bonds is 5. The van der Waals surface area contributed by atoms with E-state index < -0.39 is 0 Å². The minimum absolute atomic E-state index is 0. The average molecular weight is 285 g/mol. The van der Waals surface area contributed by atoms with Gasteiger partial charge in [-0.1, -0.05) is 29.6 Å². The minimum atomic E-state index is -0.139. The van der Waals surface area contributed by atoms with Gasteiger partial charge in [0.2, 0.25) is 0 Å². The third-order valence-electron chi connectivity index (χ3n) is 2.23. The first-order valence-corrected chi connectivity index (χ1v) is 5.67. The molecule has 0 amide bonds. The van der Waals surface area contributed by atoms with Gasteiger partial charge in [-0.25, -0.2) is 0 Å². The molecule has 1 aromatic heterocycles. The lowest BCUT2D eigenvalue weighted by Crippen LogP contribution is -2.12. The summed E-state index contributed by atoms with van der Waals surface area (Å²) >= 11 is 12.0. The van der Waals surface area contributed by atoms with Gasteiger partial charge in [-0.3, -0.25) is 4.98 Å². The Morgan fingerprint density at radius 2 is 1.75 bits per heavy atom. The number of aromatic nitrogens is 1. The summed E-state index contributed by atoms with van der Waals surface area (Å²) in [6.45, 7) is 0.685. The number of nitrogens with two attached hydrogens (primary N) is 2. The highest BCUT2D eigenvalue weighted by atomic mass is 35.5. The van der Waals surface area contributed by atoms with Crippen LogP contribution in [0.15, 0.2) is 12.4 Å². The first-order chi connectivity index (χ1) is 7.16. The Kier molecular flexibility index (Phi) is 8.06. The van der Waals surface area contributed by atoms with Crippen molar-refractivity contribution in [2.24, 2.45) is 11.5 Å². The fourth-order valence-corrected chi connectivity index (χ4v) is 2.07. The standard InChI is InChI=1S/C10H15Cl2N3.ClH/c11-7-5-15-6-8(12)10(7)9(14)3-1-2-4-13;/h5-6,9H,1-4,13-14H2;1H/t9-;/m0./s1. The lowest BCUT2D eigenvalue weighted by Gasteiger charge is -2.14. The summed E-state index contributed by atoms with van der Waals surface area (Å²) in [5.41, 5.74) is 12.2. The maximum atomic E-state index is 6.00. The molecule has 0 saturated heterocycles. The van der Waals surface area contributed by atoms with Crippen LogP contribution in [0.2, 0.25) is 10.0 Å². The molecule has 1 heterocycles. The van der Waals surface area contributed by atoms with Gasteiger partial charge < -0.3 is 11.5 Å². The zero-order valence-corrected chi connectivity index (χ0v) is 11.2. The van der Waals surface area contributed by atoms with E-state index in [-0.39, 0.29) is 18.4 Å². The molecule has 16 heavy (non-hydrogen) atoms. The number of unbranched alkanes of at least 4 members (excludes halogenated alkanes) is 1. The second-order valence-corrected chi connectivity index (χ2v) is 4.22. The first-order valence-electron chi connectivity index (χ1n) is 4.91. The van der Waals surface area contributed by atoms with E-state index >= 15 is 0 Å². The predicted octanol–water partition coefficient (Wildman–Crippen LogP) is 2.94. The van der Waals surface area contributed by atoms with E-state index in [0.29, 0.717) is 16.6 Å². The van der Waals surface area contributed by atoms with E-state index in [9.17, 15) is 0 Å². The second kappa shape index (κ2) is 8.09. The predicted molar refractivity (Wildman–Crippen MR) is 71.3 cm³/mol. The topological polar surface area (TPSA) is 64.9 Å². The van der Waals surface area contributed by atoms with Gasteiger partial charge in [-0.2, -0.15) is 0 Å². The largest absolute Gasteiger partial charge is 0.330 e. The van der Waals surface area contributed by atoms with Gasteiger partial charge in [0.25, 0.3) is 0 Å². The lowest BCUT2D eigenvalue weighted by atomic mass is 10.0. The van der Waals surface area contributed by atoms with Gasteiger partial charge >= 0.3 is 0 Å².